The van der Waals surface area contributed by atoms with Gasteiger partial charge in [-0.25, -0.2) is 0 Å². The highest BCUT2D eigenvalue weighted by atomic mass is 32.1. The van der Waals surface area contributed by atoms with E-state index in [-0.39, 0.29) is 5.91 Å². The van der Waals surface area contributed by atoms with E-state index in [1.807, 2.05) is 43.3 Å². The molecule has 0 radical (unpaired) electrons. The summed E-state index contributed by atoms with van der Waals surface area (Å²) in [5.41, 5.74) is 4.03. The predicted molar refractivity (Wildman–Crippen MR) is 102 cm³/mol. The summed E-state index contributed by atoms with van der Waals surface area (Å²) in [4.78, 5) is 12.4. The number of rotatable bonds is 5. The zero-order valence-corrected chi connectivity index (χ0v) is 15.3. The molecule has 0 spiro atoms. The molecule has 0 bridgehead atoms. The minimum atomic E-state index is -0.0717. The Labute approximate surface area is 156 Å². The lowest BCUT2D eigenvalue weighted by atomic mass is 10.00. The molecule has 0 saturated heterocycles. The highest BCUT2D eigenvalue weighted by molar-refractivity contribution is 7.11. The molecule has 6 heteroatoms. The first kappa shape index (κ1) is 16.7. The van der Waals surface area contributed by atoms with Crippen LogP contribution >= 0.6 is 11.3 Å². The molecule has 2 heterocycles. The third-order valence-corrected chi connectivity index (χ3v) is 5.24. The van der Waals surface area contributed by atoms with E-state index in [9.17, 15) is 4.79 Å². The molecule has 0 aliphatic carbocycles. The average Bonchev–Trinajstić information content (AvgIpc) is 3.29. The van der Waals surface area contributed by atoms with Crippen LogP contribution in [0.4, 0.5) is 0 Å². The number of carbonyl (C=O) groups excluding carboxylic acids is 1. The molecule has 2 aromatic carbocycles. The molecule has 1 N–H and O–H groups in total. The molecule has 3 aromatic rings. The standard InChI is InChI=1S/C20H19N3O2S/c1-13-22-23-19(26-13)7-9-21-20(24)17-4-2-3-14(12-17)15-5-6-18-16(11-15)8-10-25-18/h2-6,11-12H,7-10H2,1H3,(H,21,24). The van der Waals surface area contributed by atoms with E-state index in [2.05, 4.69) is 21.6 Å². The number of aromatic nitrogens is 2. The van der Waals surface area contributed by atoms with Crippen molar-refractivity contribution < 1.29 is 9.53 Å². The van der Waals surface area contributed by atoms with Gasteiger partial charge in [0.05, 0.1) is 6.61 Å². The number of ether oxygens (including phenoxy) is 1. The van der Waals surface area contributed by atoms with Gasteiger partial charge in [-0.1, -0.05) is 18.2 Å². The Kier molecular flexibility index (Phi) is 4.67. The molecule has 0 fully saturated rings. The summed E-state index contributed by atoms with van der Waals surface area (Å²) in [6.45, 7) is 3.22. The molecular weight excluding hydrogens is 346 g/mol. The normalized spacial score (nSPS) is 12.5. The van der Waals surface area contributed by atoms with Gasteiger partial charge in [0, 0.05) is 24.9 Å². The Bertz CT molecular complexity index is 952. The van der Waals surface area contributed by atoms with Crippen molar-refractivity contribution in [1.29, 1.82) is 0 Å². The first-order chi connectivity index (χ1) is 12.7. The predicted octanol–water partition coefficient (Wildman–Crippen LogP) is 3.42. The smallest absolute Gasteiger partial charge is 0.251 e. The molecule has 1 aliphatic rings. The Morgan fingerprint density at radius 1 is 1.19 bits per heavy atom. The number of hydrogen-bond donors (Lipinski definition) is 1. The molecule has 132 valence electrons. The van der Waals surface area contributed by atoms with E-state index in [4.69, 9.17) is 4.74 Å². The molecule has 4 rings (SSSR count). The van der Waals surface area contributed by atoms with Crippen LogP contribution in [-0.2, 0) is 12.8 Å². The van der Waals surface area contributed by atoms with Gasteiger partial charge in [0.1, 0.15) is 15.8 Å². The van der Waals surface area contributed by atoms with E-state index in [0.29, 0.717) is 18.5 Å². The van der Waals surface area contributed by atoms with Crippen molar-refractivity contribution in [3.8, 4) is 16.9 Å². The minimum absolute atomic E-state index is 0.0717. The molecule has 26 heavy (non-hydrogen) atoms. The van der Waals surface area contributed by atoms with Gasteiger partial charge < -0.3 is 10.1 Å². The van der Waals surface area contributed by atoms with Crippen LogP contribution in [0.5, 0.6) is 5.75 Å². The second kappa shape index (κ2) is 7.25. The number of nitrogens with zero attached hydrogens (tertiary/aromatic N) is 2. The van der Waals surface area contributed by atoms with Crippen LogP contribution in [0.25, 0.3) is 11.1 Å². The highest BCUT2D eigenvalue weighted by Gasteiger charge is 2.13. The quantitative estimate of drug-likeness (QED) is 0.752. The Morgan fingerprint density at radius 2 is 2.08 bits per heavy atom. The van der Waals surface area contributed by atoms with Gasteiger partial charge in [-0.15, -0.1) is 21.5 Å². The average molecular weight is 365 g/mol. The van der Waals surface area contributed by atoms with Crippen LogP contribution in [0, 0.1) is 6.92 Å². The fraction of sp³-hybridized carbons (Fsp3) is 0.250. The summed E-state index contributed by atoms with van der Waals surface area (Å²) in [5, 5.41) is 12.9. The van der Waals surface area contributed by atoms with Crippen LogP contribution in [0.15, 0.2) is 42.5 Å². The van der Waals surface area contributed by atoms with E-state index in [1.165, 1.54) is 5.56 Å². The van der Waals surface area contributed by atoms with Gasteiger partial charge in [0.25, 0.3) is 5.91 Å². The zero-order chi connectivity index (χ0) is 17.9. The van der Waals surface area contributed by atoms with Gasteiger partial charge >= 0.3 is 0 Å². The van der Waals surface area contributed by atoms with E-state index < -0.39 is 0 Å². The van der Waals surface area contributed by atoms with Gasteiger partial charge in [-0.2, -0.15) is 0 Å². The summed E-state index contributed by atoms with van der Waals surface area (Å²) in [5.74, 6) is 0.896. The van der Waals surface area contributed by atoms with E-state index in [0.717, 1.165) is 39.9 Å². The summed E-state index contributed by atoms with van der Waals surface area (Å²) in [7, 11) is 0. The maximum atomic E-state index is 12.4. The molecule has 5 nitrogen and oxygen atoms in total. The largest absolute Gasteiger partial charge is 0.493 e. The fourth-order valence-electron chi connectivity index (χ4n) is 3.03. The van der Waals surface area contributed by atoms with Crippen molar-refractivity contribution in [2.24, 2.45) is 0 Å². The number of nitrogens with one attached hydrogen (secondary N) is 1. The van der Waals surface area contributed by atoms with Gasteiger partial charge in [0.15, 0.2) is 0 Å². The Balaban J connectivity index is 1.44. The number of aryl methyl sites for hydroxylation is 1. The first-order valence-corrected chi connectivity index (χ1v) is 9.44. The molecule has 1 aliphatic heterocycles. The highest BCUT2D eigenvalue weighted by Crippen LogP contribution is 2.30. The Morgan fingerprint density at radius 3 is 2.92 bits per heavy atom. The van der Waals surface area contributed by atoms with Gasteiger partial charge in [-0.3, -0.25) is 4.79 Å². The number of amides is 1. The van der Waals surface area contributed by atoms with Crippen molar-refractivity contribution in [2.45, 2.75) is 19.8 Å². The van der Waals surface area contributed by atoms with Crippen molar-refractivity contribution in [1.82, 2.24) is 15.5 Å². The second-order valence-electron chi connectivity index (χ2n) is 6.22. The van der Waals surface area contributed by atoms with Crippen molar-refractivity contribution in [2.75, 3.05) is 13.2 Å². The number of fused-ring (bicyclic) bond motifs is 1. The lowest BCUT2D eigenvalue weighted by molar-refractivity contribution is 0.0954. The lowest BCUT2D eigenvalue weighted by Crippen LogP contribution is -2.25. The van der Waals surface area contributed by atoms with Gasteiger partial charge in [0.2, 0.25) is 0 Å². The van der Waals surface area contributed by atoms with Crippen molar-refractivity contribution in [3.63, 3.8) is 0 Å². The third kappa shape index (κ3) is 3.60. The Hall–Kier alpha value is -2.73. The topological polar surface area (TPSA) is 64.1 Å². The molecule has 0 saturated carbocycles. The summed E-state index contributed by atoms with van der Waals surface area (Å²) >= 11 is 1.56. The molecule has 0 atom stereocenters. The summed E-state index contributed by atoms with van der Waals surface area (Å²) in [6, 6.07) is 13.9. The van der Waals surface area contributed by atoms with Crippen molar-refractivity contribution in [3.05, 3.63) is 63.6 Å². The fourth-order valence-corrected chi connectivity index (χ4v) is 3.74. The summed E-state index contributed by atoms with van der Waals surface area (Å²) < 4.78 is 5.56. The molecular formula is C20H19N3O2S. The molecule has 1 aromatic heterocycles. The number of hydrogen-bond acceptors (Lipinski definition) is 5. The van der Waals surface area contributed by atoms with Crippen LogP contribution in [0.3, 0.4) is 0 Å². The molecule has 1 amide bonds. The third-order valence-electron chi connectivity index (χ3n) is 4.34. The van der Waals surface area contributed by atoms with E-state index >= 15 is 0 Å². The zero-order valence-electron chi connectivity index (χ0n) is 14.5. The molecule has 0 unspecified atom stereocenters. The van der Waals surface area contributed by atoms with E-state index in [1.54, 1.807) is 11.3 Å². The number of carbonyl (C=O) groups is 1. The van der Waals surface area contributed by atoms with Gasteiger partial charge in [-0.05, 0) is 47.9 Å². The van der Waals surface area contributed by atoms with Crippen LogP contribution in [0.1, 0.15) is 25.9 Å². The lowest BCUT2D eigenvalue weighted by Gasteiger charge is -2.08. The maximum Gasteiger partial charge on any atom is 0.251 e. The van der Waals surface area contributed by atoms with Crippen LogP contribution in [-0.4, -0.2) is 29.3 Å². The van der Waals surface area contributed by atoms with Crippen LogP contribution in [0.2, 0.25) is 0 Å². The first-order valence-electron chi connectivity index (χ1n) is 8.62. The number of benzene rings is 2. The monoisotopic (exact) mass is 365 g/mol. The summed E-state index contributed by atoms with van der Waals surface area (Å²) in [6.07, 6.45) is 1.64. The minimum Gasteiger partial charge on any atom is -0.493 e. The van der Waals surface area contributed by atoms with Crippen molar-refractivity contribution >= 4 is 17.2 Å². The SMILES string of the molecule is Cc1nnc(CCNC(=O)c2cccc(-c3ccc4c(c3)CCO4)c2)s1. The van der Waals surface area contributed by atoms with Crippen LogP contribution < -0.4 is 10.1 Å². The maximum absolute atomic E-state index is 12.4. The second-order valence-corrected chi connectivity index (χ2v) is 7.49.